The number of rotatable bonds is 8. The minimum atomic E-state index is -0.431. The van der Waals surface area contributed by atoms with Crippen LogP contribution in [0.15, 0.2) is 30.5 Å². The van der Waals surface area contributed by atoms with Gasteiger partial charge in [0.05, 0.1) is 0 Å². The first-order chi connectivity index (χ1) is 13.9. The van der Waals surface area contributed by atoms with E-state index in [1.54, 1.807) is 0 Å². The molecule has 0 amide bonds. The number of hydrogen-bond donors (Lipinski definition) is 1. The largest absolute Gasteiger partial charge is 0.460 e. The third-order valence-electron chi connectivity index (χ3n) is 6.10. The first-order valence-electron chi connectivity index (χ1n) is 10.8. The van der Waals surface area contributed by atoms with Gasteiger partial charge < -0.3 is 14.5 Å². The molecule has 0 radical (unpaired) electrons. The Morgan fingerprint density at radius 3 is 2.76 bits per heavy atom. The Morgan fingerprint density at radius 2 is 1.97 bits per heavy atom. The van der Waals surface area contributed by atoms with Gasteiger partial charge in [-0.25, -0.2) is 4.79 Å². The molecule has 158 valence electrons. The Kier molecular flexibility index (Phi) is 7.34. The van der Waals surface area contributed by atoms with E-state index < -0.39 is 5.97 Å². The second-order valence-corrected chi connectivity index (χ2v) is 8.73. The number of carbonyl (C=O) groups excluding carboxylic acids is 2. The maximum atomic E-state index is 12.2. The maximum Gasteiger partial charge on any atom is 0.344 e. The van der Waals surface area contributed by atoms with Crippen LogP contribution in [0.5, 0.6) is 0 Å². The summed E-state index contributed by atoms with van der Waals surface area (Å²) in [4.78, 5) is 27.5. The first kappa shape index (κ1) is 21.4. The van der Waals surface area contributed by atoms with E-state index in [1.807, 2.05) is 24.4 Å². The number of esters is 2. The van der Waals surface area contributed by atoms with Crippen LogP contribution in [-0.4, -0.2) is 29.6 Å². The highest BCUT2D eigenvalue weighted by Crippen LogP contribution is 2.35. The molecule has 0 saturated heterocycles. The second kappa shape index (κ2) is 9.95. The van der Waals surface area contributed by atoms with Crippen LogP contribution >= 0.6 is 0 Å². The van der Waals surface area contributed by atoms with E-state index in [-0.39, 0.29) is 18.7 Å². The Hall–Kier alpha value is -2.30. The molecule has 1 aliphatic rings. The third-order valence-corrected chi connectivity index (χ3v) is 6.10. The van der Waals surface area contributed by atoms with E-state index in [9.17, 15) is 9.59 Å². The molecular weight excluding hydrogens is 366 g/mol. The van der Waals surface area contributed by atoms with Crippen LogP contribution in [0.4, 0.5) is 0 Å². The number of carbonyl (C=O) groups is 2. The number of aryl methyl sites for hydroxylation is 1. The van der Waals surface area contributed by atoms with Crippen molar-refractivity contribution in [1.82, 2.24) is 4.98 Å². The van der Waals surface area contributed by atoms with Crippen LogP contribution in [0.1, 0.15) is 58.4 Å². The number of benzene rings is 1. The molecule has 29 heavy (non-hydrogen) atoms. The summed E-state index contributed by atoms with van der Waals surface area (Å²) in [6.45, 7) is 6.26. The number of H-pyrrole nitrogens is 1. The lowest BCUT2D eigenvalue weighted by Gasteiger charge is -2.36. The maximum absolute atomic E-state index is 12.2. The molecule has 0 bridgehead atoms. The molecule has 5 heteroatoms. The number of aromatic nitrogens is 1. The van der Waals surface area contributed by atoms with Crippen molar-refractivity contribution < 1.29 is 19.1 Å². The molecule has 0 aliphatic heterocycles. The zero-order valence-corrected chi connectivity index (χ0v) is 17.8. The Morgan fingerprint density at radius 1 is 1.17 bits per heavy atom. The lowest BCUT2D eigenvalue weighted by Crippen LogP contribution is -2.36. The minimum Gasteiger partial charge on any atom is -0.460 e. The molecule has 1 aromatic heterocycles. The van der Waals surface area contributed by atoms with Crippen molar-refractivity contribution in [2.75, 3.05) is 6.61 Å². The lowest BCUT2D eigenvalue weighted by molar-refractivity contribution is -0.167. The SMILES string of the molecule is CC(C)[C@@H]1CC[C@@H](C)C[C@H]1OC(=O)COC(=O)CCCc1c[nH]c2ccccc12. The monoisotopic (exact) mass is 399 g/mol. The number of para-hydroxylation sites is 1. The molecule has 1 fully saturated rings. The summed E-state index contributed by atoms with van der Waals surface area (Å²) in [7, 11) is 0. The van der Waals surface area contributed by atoms with Gasteiger partial charge in [-0.2, -0.15) is 0 Å². The number of hydrogen-bond acceptors (Lipinski definition) is 4. The van der Waals surface area contributed by atoms with Crippen LogP contribution in [0.2, 0.25) is 0 Å². The van der Waals surface area contributed by atoms with Crippen molar-refractivity contribution in [3.8, 4) is 0 Å². The summed E-state index contributed by atoms with van der Waals surface area (Å²) >= 11 is 0. The van der Waals surface area contributed by atoms with Crippen LogP contribution in [0.25, 0.3) is 10.9 Å². The molecule has 1 heterocycles. The zero-order valence-electron chi connectivity index (χ0n) is 17.8. The van der Waals surface area contributed by atoms with Gasteiger partial charge in [-0.3, -0.25) is 4.79 Å². The topological polar surface area (TPSA) is 68.4 Å². The Balaban J connectivity index is 1.39. The fraction of sp³-hybridized carbons (Fsp3) is 0.583. The van der Waals surface area contributed by atoms with Gasteiger partial charge in [-0.15, -0.1) is 0 Å². The minimum absolute atomic E-state index is 0.0631. The van der Waals surface area contributed by atoms with Crippen molar-refractivity contribution >= 4 is 22.8 Å². The standard InChI is InChI=1S/C24H33NO4/c1-16(2)19-12-11-17(3)13-22(19)29-24(27)15-28-23(26)10-6-7-18-14-25-21-9-5-4-8-20(18)21/h4-5,8-9,14,16-17,19,22,25H,6-7,10-13,15H2,1-3H3/t17-,19+,22-/m1/s1. The van der Waals surface area contributed by atoms with Crippen LogP contribution in [-0.2, 0) is 25.5 Å². The molecule has 3 rings (SSSR count). The van der Waals surface area contributed by atoms with Gasteiger partial charge in [0.15, 0.2) is 6.61 Å². The number of ether oxygens (including phenoxy) is 2. The van der Waals surface area contributed by atoms with Gasteiger partial charge in [0.25, 0.3) is 0 Å². The number of aromatic amines is 1. The van der Waals surface area contributed by atoms with Crippen molar-refractivity contribution in [3.63, 3.8) is 0 Å². The summed E-state index contributed by atoms with van der Waals surface area (Å²) in [6, 6.07) is 8.12. The van der Waals surface area contributed by atoms with E-state index >= 15 is 0 Å². The fourth-order valence-corrected chi connectivity index (χ4v) is 4.43. The van der Waals surface area contributed by atoms with Crippen molar-refractivity contribution in [1.29, 1.82) is 0 Å². The van der Waals surface area contributed by atoms with Crippen LogP contribution < -0.4 is 0 Å². The van der Waals surface area contributed by atoms with Gasteiger partial charge in [0.2, 0.25) is 0 Å². The predicted molar refractivity (Wildman–Crippen MR) is 113 cm³/mol. The summed E-state index contributed by atoms with van der Waals surface area (Å²) in [5.74, 6) is 0.656. The van der Waals surface area contributed by atoms with Crippen molar-refractivity contribution in [2.24, 2.45) is 17.8 Å². The van der Waals surface area contributed by atoms with E-state index in [4.69, 9.17) is 9.47 Å². The highest BCUT2D eigenvalue weighted by atomic mass is 16.6. The normalized spacial score (nSPS) is 22.0. The summed E-state index contributed by atoms with van der Waals surface area (Å²) < 4.78 is 10.8. The molecule has 3 atom stereocenters. The molecule has 1 aromatic carbocycles. The average molecular weight is 400 g/mol. The van der Waals surface area contributed by atoms with E-state index in [2.05, 4.69) is 31.8 Å². The van der Waals surface area contributed by atoms with Crippen LogP contribution in [0, 0.1) is 17.8 Å². The first-order valence-corrected chi connectivity index (χ1v) is 10.8. The molecule has 1 N–H and O–H groups in total. The summed E-state index contributed by atoms with van der Waals surface area (Å²) in [5.41, 5.74) is 2.29. The summed E-state index contributed by atoms with van der Waals surface area (Å²) in [5, 5.41) is 1.19. The molecule has 5 nitrogen and oxygen atoms in total. The average Bonchev–Trinajstić information content (AvgIpc) is 3.09. The smallest absolute Gasteiger partial charge is 0.344 e. The summed E-state index contributed by atoms with van der Waals surface area (Å²) in [6.07, 6.45) is 6.86. The van der Waals surface area contributed by atoms with Gasteiger partial charge in [0, 0.05) is 23.5 Å². The van der Waals surface area contributed by atoms with Crippen molar-refractivity contribution in [2.45, 2.75) is 65.4 Å². The quantitative estimate of drug-likeness (QED) is 0.632. The highest BCUT2D eigenvalue weighted by molar-refractivity contribution is 5.83. The highest BCUT2D eigenvalue weighted by Gasteiger charge is 2.33. The van der Waals surface area contributed by atoms with Gasteiger partial charge in [-0.05, 0) is 55.1 Å². The molecule has 0 spiro atoms. The second-order valence-electron chi connectivity index (χ2n) is 8.73. The lowest BCUT2D eigenvalue weighted by atomic mass is 9.75. The van der Waals surface area contributed by atoms with Gasteiger partial charge in [-0.1, -0.05) is 45.4 Å². The molecule has 2 aromatic rings. The number of fused-ring (bicyclic) bond motifs is 1. The van der Waals surface area contributed by atoms with E-state index in [0.29, 0.717) is 30.6 Å². The zero-order chi connectivity index (χ0) is 20.8. The number of nitrogens with one attached hydrogen (secondary N) is 1. The van der Waals surface area contributed by atoms with Crippen LogP contribution in [0.3, 0.4) is 0 Å². The molecular formula is C24H33NO4. The predicted octanol–water partition coefficient (Wildman–Crippen LogP) is 5.04. The van der Waals surface area contributed by atoms with E-state index in [1.165, 1.54) is 17.4 Å². The molecule has 1 saturated carbocycles. The Bertz CT molecular complexity index is 825. The fourth-order valence-electron chi connectivity index (χ4n) is 4.43. The Labute approximate surface area is 173 Å². The molecule has 0 unspecified atom stereocenters. The van der Waals surface area contributed by atoms with Crippen molar-refractivity contribution in [3.05, 3.63) is 36.0 Å². The van der Waals surface area contributed by atoms with E-state index in [0.717, 1.165) is 24.8 Å². The third kappa shape index (κ3) is 5.84. The molecule has 1 aliphatic carbocycles. The van der Waals surface area contributed by atoms with Gasteiger partial charge >= 0.3 is 11.9 Å². The van der Waals surface area contributed by atoms with Gasteiger partial charge in [0.1, 0.15) is 6.10 Å².